The Bertz CT molecular complexity index is 984. The lowest BCUT2D eigenvalue weighted by Gasteiger charge is -2.34. The topological polar surface area (TPSA) is 100 Å². The molecule has 2 amide bonds. The van der Waals surface area contributed by atoms with Crippen LogP contribution >= 0.6 is 0 Å². The highest BCUT2D eigenvalue weighted by atomic mass is 19.4. The number of alkyl halides is 3. The maximum atomic E-state index is 12.9. The Morgan fingerprint density at radius 3 is 2.56 bits per heavy atom. The molecular weight excluding hydrogens is 451 g/mol. The number of aromatic nitrogens is 3. The molecule has 1 aliphatic rings. The lowest BCUT2D eigenvalue weighted by atomic mass is 9.89. The second-order valence-corrected chi connectivity index (χ2v) is 8.90. The van der Waals surface area contributed by atoms with Gasteiger partial charge in [-0.15, -0.1) is 0 Å². The van der Waals surface area contributed by atoms with Crippen molar-refractivity contribution in [3.63, 3.8) is 0 Å². The van der Waals surface area contributed by atoms with E-state index in [1.54, 1.807) is 24.7 Å². The normalized spacial score (nSPS) is 16.8. The average Bonchev–Trinajstić information content (AvgIpc) is 3.29. The number of piperidine rings is 1. The van der Waals surface area contributed by atoms with Crippen LogP contribution in [0.25, 0.3) is 0 Å². The molecular formula is C23H30F3N5O3. The molecule has 3 rings (SSSR count). The van der Waals surface area contributed by atoms with Gasteiger partial charge >= 0.3 is 6.18 Å². The molecule has 8 nitrogen and oxygen atoms in total. The molecule has 186 valence electrons. The monoisotopic (exact) mass is 481 g/mol. The summed E-state index contributed by atoms with van der Waals surface area (Å²) in [4.78, 5) is 35.1. The second kappa shape index (κ2) is 10.5. The van der Waals surface area contributed by atoms with Crippen LogP contribution in [0.4, 0.5) is 13.2 Å². The lowest BCUT2D eigenvalue weighted by Crippen LogP contribution is -2.48. The van der Waals surface area contributed by atoms with Crippen molar-refractivity contribution >= 4 is 11.8 Å². The number of amides is 2. The first-order chi connectivity index (χ1) is 16.0. The van der Waals surface area contributed by atoms with E-state index in [4.69, 9.17) is 0 Å². The maximum absolute atomic E-state index is 12.9. The van der Waals surface area contributed by atoms with Crippen molar-refractivity contribution in [1.82, 2.24) is 24.8 Å². The molecule has 2 aromatic rings. The minimum absolute atomic E-state index is 0.0984. The van der Waals surface area contributed by atoms with Gasteiger partial charge in [0.1, 0.15) is 0 Å². The van der Waals surface area contributed by atoms with Crippen LogP contribution in [0.2, 0.25) is 0 Å². The summed E-state index contributed by atoms with van der Waals surface area (Å²) < 4.78 is 40.7. The first-order valence-electron chi connectivity index (χ1n) is 11.3. The van der Waals surface area contributed by atoms with Crippen LogP contribution in [0, 0.1) is 6.92 Å². The van der Waals surface area contributed by atoms with E-state index in [2.05, 4.69) is 15.3 Å². The second-order valence-electron chi connectivity index (χ2n) is 8.90. The third kappa shape index (κ3) is 6.34. The van der Waals surface area contributed by atoms with Gasteiger partial charge in [-0.3, -0.25) is 14.6 Å². The van der Waals surface area contributed by atoms with Crippen LogP contribution in [0.5, 0.6) is 0 Å². The first kappa shape index (κ1) is 25.7. The number of carbonyl (C=O) groups excluding carboxylic acids is 2. The van der Waals surface area contributed by atoms with E-state index in [9.17, 15) is 27.9 Å². The molecule has 2 N–H and O–H groups in total. The van der Waals surface area contributed by atoms with Crippen LogP contribution in [-0.4, -0.2) is 67.8 Å². The van der Waals surface area contributed by atoms with Crippen molar-refractivity contribution in [2.24, 2.45) is 0 Å². The molecule has 0 aromatic carbocycles. The number of rotatable bonds is 8. The number of hydrogen-bond donors (Lipinski definition) is 2. The standard InChI is InChI=1S/C23H30F3N5O3/c1-16-4-5-18(21(33)28-8-3-10-30-13-9-27-15-30)20(29-16)17-6-11-31(12-7-17)19(32)14-22(2,34)23(24,25)26/h4-5,9,13,15,17,34H,3,6-8,10-12,14H2,1-2H3,(H,28,33). The molecule has 11 heteroatoms. The predicted molar refractivity (Wildman–Crippen MR) is 118 cm³/mol. The fraction of sp³-hybridized carbons (Fsp3) is 0.565. The Morgan fingerprint density at radius 1 is 1.24 bits per heavy atom. The van der Waals surface area contributed by atoms with Crippen LogP contribution in [-0.2, 0) is 11.3 Å². The summed E-state index contributed by atoms with van der Waals surface area (Å²) in [5.74, 6) is -1.07. The SMILES string of the molecule is Cc1ccc(C(=O)NCCCn2ccnc2)c(C2CCN(C(=O)CC(C)(O)C(F)(F)F)CC2)n1. The summed E-state index contributed by atoms with van der Waals surface area (Å²) in [6, 6.07) is 3.50. The van der Waals surface area contributed by atoms with Gasteiger partial charge < -0.3 is 19.9 Å². The largest absolute Gasteiger partial charge is 0.417 e. The van der Waals surface area contributed by atoms with Crippen molar-refractivity contribution in [2.45, 2.75) is 63.8 Å². The summed E-state index contributed by atoms with van der Waals surface area (Å²) in [5, 5.41) is 12.5. The molecule has 0 spiro atoms. The van der Waals surface area contributed by atoms with E-state index in [-0.39, 0.29) is 24.9 Å². The molecule has 0 radical (unpaired) electrons. The Kier molecular flexibility index (Phi) is 7.96. The predicted octanol–water partition coefficient (Wildman–Crippen LogP) is 2.82. The van der Waals surface area contributed by atoms with E-state index in [0.29, 0.717) is 37.6 Å². The molecule has 0 saturated carbocycles. The Labute approximate surface area is 196 Å². The van der Waals surface area contributed by atoms with E-state index < -0.39 is 24.1 Å². The van der Waals surface area contributed by atoms with Crippen LogP contribution in [0.3, 0.4) is 0 Å². The zero-order chi connectivity index (χ0) is 24.9. The van der Waals surface area contributed by atoms with E-state index in [0.717, 1.165) is 18.7 Å². The van der Waals surface area contributed by atoms with E-state index >= 15 is 0 Å². The van der Waals surface area contributed by atoms with Gasteiger partial charge in [-0.2, -0.15) is 13.2 Å². The zero-order valence-electron chi connectivity index (χ0n) is 19.3. The number of nitrogens with zero attached hydrogens (tertiary/aromatic N) is 4. The summed E-state index contributed by atoms with van der Waals surface area (Å²) in [6.07, 6.45) is 1.04. The van der Waals surface area contributed by atoms with Gasteiger partial charge in [0.2, 0.25) is 5.91 Å². The van der Waals surface area contributed by atoms with Crippen LogP contribution < -0.4 is 5.32 Å². The summed E-state index contributed by atoms with van der Waals surface area (Å²) in [5.41, 5.74) is -1.20. The molecule has 1 unspecified atom stereocenters. The molecule has 1 fully saturated rings. The minimum atomic E-state index is -4.88. The number of aryl methyl sites for hydroxylation is 2. The fourth-order valence-corrected chi connectivity index (χ4v) is 3.97. The number of pyridine rings is 1. The highest BCUT2D eigenvalue weighted by Gasteiger charge is 2.51. The fourth-order valence-electron chi connectivity index (χ4n) is 3.97. The summed E-state index contributed by atoms with van der Waals surface area (Å²) >= 11 is 0. The molecule has 34 heavy (non-hydrogen) atoms. The maximum Gasteiger partial charge on any atom is 0.417 e. The number of hydrogen-bond acceptors (Lipinski definition) is 5. The Morgan fingerprint density at radius 2 is 1.94 bits per heavy atom. The van der Waals surface area contributed by atoms with Crippen molar-refractivity contribution in [1.29, 1.82) is 0 Å². The number of nitrogens with one attached hydrogen (secondary N) is 1. The van der Waals surface area contributed by atoms with E-state index in [1.165, 1.54) is 4.90 Å². The van der Waals surface area contributed by atoms with E-state index in [1.807, 2.05) is 17.7 Å². The minimum Gasteiger partial charge on any atom is -0.380 e. The molecule has 1 atom stereocenters. The summed E-state index contributed by atoms with van der Waals surface area (Å²) in [6.45, 7) is 4.12. The lowest BCUT2D eigenvalue weighted by molar-refractivity contribution is -0.254. The van der Waals surface area contributed by atoms with Gasteiger partial charge in [-0.1, -0.05) is 0 Å². The molecule has 1 aliphatic heterocycles. The highest BCUT2D eigenvalue weighted by Crippen LogP contribution is 2.34. The van der Waals surface area contributed by atoms with Gasteiger partial charge in [-0.05, 0) is 45.2 Å². The smallest absolute Gasteiger partial charge is 0.380 e. The van der Waals surface area contributed by atoms with Gasteiger partial charge in [0.25, 0.3) is 5.91 Å². The van der Waals surface area contributed by atoms with Crippen LogP contribution in [0.1, 0.15) is 60.3 Å². The number of likely N-dealkylation sites (tertiary alicyclic amines) is 1. The Hall–Kier alpha value is -2.95. The first-order valence-corrected chi connectivity index (χ1v) is 11.3. The van der Waals surface area contributed by atoms with Gasteiger partial charge in [0.05, 0.1) is 24.0 Å². The molecule has 2 aromatic heterocycles. The summed E-state index contributed by atoms with van der Waals surface area (Å²) in [7, 11) is 0. The average molecular weight is 482 g/mol. The van der Waals surface area contributed by atoms with Gasteiger partial charge in [-0.25, -0.2) is 4.98 Å². The van der Waals surface area contributed by atoms with Crippen molar-refractivity contribution in [3.8, 4) is 0 Å². The van der Waals surface area contributed by atoms with Gasteiger partial charge in [0.15, 0.2) is 5.60 Å². The van der Waals surface area contributed by atoms with Gasteiger partial charge in [0, 0.05) is 50.2 Å². The molecule has 0 bridgehead atoms. The zero-order valence-corrected chi connectivity index (χ0v) is 19.3. The third-order valence-electron chi connectivity index (χ3n) is 6.09. The quantitative estimate of drug-likeness (QED) is 0.565. The van der Waals surface area contributed by atoms with Crippen LogP contribution in [0.15, 0.2) is 30.9 Å². The Balaban J connectivity index is 1.58. The van der Waals surface area contributed by atoms with Crippen molar-refractivity contribution in [3.05, 3.63) is 47.8 Å². The number of halogens is 3. The highest BCUT2D eigenvalue weighted by molar-refractivity contribution is 5.95. The molecule has 0 aliphatic carbocycles. The molecule has 1 saturated heterocycles. The van der Waals surface area contributed by atoms with Crippen molar-refractivity contribution in [2.75, 3.05) is 19.6 Å². The van der Waals surface area contributed by atoms with Crippen molar-refractivity contribution < 1.29 is 27.9 Å². The molecule has 3 heterocycles. The third-order valence-corrected chi connectivity index (χ3v) is 6.09. The number of imidazole rings is 1. The number of aliphatic hydroxyl groups is 1. The number of carbonyl (C=O) groups is 2.